The molecule has 23 N–H and O–H groups in total. The zero-order valence-corrected chi connectivity index (χ0v) is 34.6. The zero-order valence-electron chi connectivity index (χ0n) is 34.6. The van der Waals surface area contributed by atoms with Gasteiger partial charge in [0.1, 0.15) is 36.0 Å². The maximum Gasteiger partial charge on any atom is 0.316 e. The predicted octanol–water partition coefficient (Wildman–Crippen LogP) is -9.93. The van der Waals surface area contributed by atoms with Gasteiger partial charge in [-0.25, -0.2) is 9.79 Å². The first-order valence-electron chi connectivity index (χ1n) is 19.3. The second-order valence-electron chi connectivity index (χ2n) is 14.7. The van der Waals surface area contributed by atoms with Crippen molar-refractivity contribution in [3.05, 3.63) is 11.9 Å². The van der Waals surface area contributed by atoms with E-state index in [1.165, 1.54) is 13.8 Å². The van der Waals surface area contributed by atoms with Gasteiger partial charge in [-0.05, 0) is 19.4 Å². The second-order valence-corrected chi connectivity index (χ2v) is 14.7. The Kier molecular flexibility index (Phi) is 23.4. The molecule has 0 aromatic heterocycles. The zero-order chi connectivity index (χ0) is 48.0. The summed E-state index contributed by atoms with van der Waals surface area (Å²) in [6, 6.07) is -9.66. The Morgan fingerprint density at radius 3 is 2.13 bits per heavy atom. The van der Waals surface area contributed by atoms with E-state index in [0.717, 1.165) is 0 Å². The summed E-state index contributed by atoms with van der Waals surface area (Å²) in [6.07, 6.45) is -1.89. The standard InChI is InChI=1S/C25H43N13O10.C9H17NO5/c26-3-1-2-10(27)4-16(41)32-12-6-30-23(47)18(11-5-17(42)37-24(28)36-11)38-20(44)13(7-31-25(29)48)33-21(45)14(8-39)35-22(46)15(9-40)34-19(12)43;1-9(2,5-11)7(14)8(15)10-4-3-6(12)13/h7,10-12,14-15,17-18,39-40,42H,1-6,8-9,26-27H2,(H,30,47)(H,32,41)(H,33,45)(H,34,43)(H,35,46)(H,38,44)(H3,28,36,37)(H3,29,31,48);7,11,14H,3-5H2,1-2H3,(H,10,15)(H,12,13)/b13-7-;/t10-,11+,12-,14-,15-,17-,18-;7-/m00/s1. The van der Waals surface area contributed by atoms with Gasteiger partial charge < -0.3 is 101 Å². The lowest BCUT2D eigenvalue weighted by molar-refractivity contribution is -0.139. The van der Waals surface area contributed by atoms with Crippen LogP contribution in [-0.4, -0.2) is 178 Å². The minimum Gasteiger partial charge on any atom is -0.481 e. The topological polar surface area (TPSA) is 500 Å². The quantitative estimate of drug-likeness (QED) is 0.0639. The molecule has 0 aliphatic carbocycles. The molecule has 8 atom stereocenters. The van der Waals surface area contributed by atoms with Crippen LogP contribution in [0.2, 0.25) is 0 Å². The summed E-state index contributed by atoms with van der Waals surface area (Å²) < 4.78 is 0. The van der Waals surface area contributed by atoms with Crippen LogP contribution in [0.25, 0.3) is 0 Å². The van der Waals surface area contributed by atoms with Crippen molar-refractivity contribution in [1.82, 2.24) is 47.9 Å². The van der Waals surface area contributed by atoms with Crippen molar-refractivity contribution < 1.29 is 73.8 Å². The maximum absolute atomic E-state index is 13.6. The fourth-order valence-electron chi connectivity index (χ4n) is 5.29. The first-order valence-corrected chi connectivity index (χ1v) is 19.3. The second kappa shape index (κ2) is 27.0. The highest BCUT2D eigenvalue weighted by Crippen LogP contribution is 2.19. The van der Waals surface area contributed by atoms with E-state index in [4.69, 9.17) is 33.1 Å². The molecule has 2 aliphatic rings. The largest absolute Gasteiger partial charge is 0.481 e. The van der Waals surface area contributed by atoms with Crippen LogP contribution in [0.3, 0.4) is 0 Å². The van der Waals surface area contributed by atoms with E-state index in [1.807, 2.05) is 5.32 Å². The van der Waals surface area contributed by atoms with Gasteiger partial charge in [-0.3, -0.25) is 38.4 Å². The Bertz CT molecular complexity index is 1700. The van der Waals surface area contributed by atoms with Gasteiger partial charge in [0.15, 0.2) is 12.2 Å². The number of carboxylic acids is 1. The summed E-state index contributed by atoms with van der Waals surface area (Å²) in [5.41, 5.74) is 20.6. The number of rotatable bonds is 16. The monoisotopic (exact) mass is 904 g/mol. The average molecular weight is 905 g/mol. The van der Waals surface area contributed by atoms with Crippen molar-refractivity contribution in [3.63, 3.8) is 0 Å². The van der Waals surface area contributed by atoms with Gasteiger partial charge in [0, 0.05) is 43.6 Å². The number of nitrogens with two attached hydrogens (primary N) is 4. The maximum atomic E-state index is 13.6. The third-order valence-corrected chi connectivity index (χ3v) is 8.94. The van der Waals surface area contributed by atoms with E-state index in [1.54, 1.807) is 0 Å². The minimum atomic E-state index is -1.78. The number of nitrogens with zero attached hydrogens (tertiary/aromatic N) is 1. The first kappa shape index (κ1) is 54.8. The first-order chi connectivity index (χ1) is 29.5. The number of amides is 9. The van der Waals surface area contributed by atoms with Crippen molar-refractivity contribution in [3.8, 4) is 0 Å². The lowest BCUT2D eigenvalue weighted by Gasteiger charge is -2.33. The van der Waals surface area contributed by atoms with Crippen LogP contribution in [0.1, 0.15) is 46.0 Å². The molecule has 2 heterocycles. The Morgan fingerprint density at radius 1 is 0.952 bits per heavy atom. The normalized spacial score (nSPS) is 24.2. The number of nitrogens with one attached hydrogen (secondary N) is 9. The van der Waals surface area contributed by atoms with Crippen LogP contribution < -0.4 is 70.8 Å². The number of aliphatic hydroxyl groups excluding tert-OH is 5. The smallest absolute Gasteiger partial charge is 0.316 e. The van der Waals surface area contributed by atoms with Gasteiger partial charge >= 0.3 is 12.0 Å². The summed E-state index contributed by atoms with van der Waals surface area (Å²) in [6.45, 7) is 0.345. The number of aliphatic imine (C=N–C) groups is 1. The average Bonchev–Trinajstić information content (AvgIpc) is 3.21. The molecule has 0 aromatic rings. The molecule has 1 fully saturated rings. The van der Waals surface area contributed by atoms with Crippen LogP contribution in [0.15, 0.2) is 16.9 Å². The summed E-state index contributed by atoms with van der Waals surface area (Å²) in [5, 5.41) is 76.9. The minimum absolute atomic E-state index is 0.0350. The van der Waals surface area contributed by atoms with Crippen LogP contribution in [0.4, 0.5) is 4.79 Å². The van der Waals surface area contributed by atoms with E-state index >= 15 is 0 Å². The summed E-state index contributed by atoms with van der Waals surface area (Å²) in [4.78, 5) is 115. The van der Waals surface area contributed by atoms with E-state index in [9.17, 15) is 63.6 Å². The molecule has 0 saturated carbocycles. The molecule has 2 rings (SSSR count). The molecular formula is C34H60N14O15. The highest BCUT2D eigenvalue weighted by Gasteiger charge is 2.37. The summed E-state index contributed by atoms with van der Waals surface area (Å²) >= 11 is 0. The lowest BCUT2D eigenvalue weighted by atomic mass is 9.87. The fraction of sp³-hybridized carbons (Fsp3) is 0.647. The molecule has 0 aromatic carbocycles. The third kappa shape index (κ3) is 19.6. The number of carboxylic acid groups (broad SMARTS) is 1. The molecule has 356 valence electrons. The molecule has 0 unspecified atom stereocenters. The number of carbonyl (C=O) groups excluding carboxylic acids is 8. The van der Waals surface area contributed by atoms with Crippen LogP contribution in [0.5, 0.6) is 0 Å². The number of carbonyl (C=O) groups is 9. The third-order valence-electron chi connectivity index (χ3n) is 8.94. The molecule has 9 amide bonds. The van der Waals surface area contributed by atoms with Crippen molar-refractivity contribution in [1.29, 1.82) is 0 Å². The highest BCUT2D eigenvalue weighted by molar-refractivity contribution is 6.02. The van der Waals surface area contributed by atoms with Crippen molar-refractivity contribution in [2.45, 2.75) is 94.5 Å². The number of aliphatic hydroxyl groups is 5. The van der Waals surface area contributed by atoms with Gasteiger partial charge in [-0.1, -0.05) is 13.8 Å². The Morgan fingerprint density at radius 2 is 1.57 bits per heavy atom. The Hall–Kier alpha value is -6.24. The molecule has 0 bridgehead atoms. The van der Waals surface area contributed by atoms with Crippen LogP contribution >= 0.6 is 0 Å². The fourth-order valence-corrected chi connectivity index (χ4v) is 5.29. The van der Waals surface area contributed by atoms with Gasteiger partial charge in [0.2, 0.25) is 35.4 Å². The highest BCUT2D eigenvalue weighted by atomic mass is 16.4. The number of aliphatic carboxylic acids is 1. The molecule has 29 nitrogen and oxygen atoms in total. The molecule has 1 saturated heterocycles. The van der Waals surface area contributed by atoms with Crippen molar-refractivity contribution in [2.75, 3.05) is 39.5 Å². The number of hydrogen-bond acceptors (Lipinski definition) is 19. The predicted molar refractivity (Wildman–Crippen MR) is 216 cm³/mol. The van der Waals surface area contributed by atoms with Gasteiger partial charge in [0.25, 0.3) is 5.91 Å². The van der Waals surface area contributed by atoms with Crippen LogP contribution in [0, 0.1) is 5.41 Å². The molecule has 0 radical (unpaired) electrons. The van der Waals surface area contributed by atoms with Gasteiger partial charge in [0.05, 0.1) is 32.3 Å². The number of primary amides is 1. The summed E-state index contributed by atoms with van der Waals surface area (Å²) in [7, 11) is 0. The number of hydrogen-bond donors (Lipinski definition) is 19. The number of urea groups is 1. The van der Waals surface area contributed by atoms with Gasteiger partial charge in [-0.15, -0.1) is 0 Å². The molecule has 2 aliphatic heterocycles. The lowest BCUT2D eigenvalue weighted by Crippen LogP contribution is -2.64. The van der Waals surface area contributed by atoms with Gasteiger partial charge in [-0.2, -0.15) is 0 Å². The molecule has 29 heteroatoms. The molecule has 63 heavy (non-hydrogen) atoms. The Labute approximate surface area is 360 Å². The van der Waals surface area contributed by atoms with Crippen molar-refractivity contribution >= 4 is 59.3 Å². The van der Waals surface area contributed by atoms with E-state index < -0.39 is 133 Å². The summed E-state index contributed by atoms with van der Waals surface area (Å²) in [5.74, 6) is -8.35. The van der Waals surface area contributed by atoms with Crippen molar-refractivity contribution in [2.24, 2.45) is 33.3 Å². The Balaban J connectivity index is 0.00000112. The van der Waals surface area contributed by atoms with Crippen LogP contribution in [-0.2, 0) is 38.4 Å². The molecular weight excluding hydrogens is 844 g/mol. The van der Waals surface area contributed by atoms with E-state index in [-0.39, 0.29) is 38.4 Å². The van der Waals surface area contributed by atoms with E-state index in [0.29, 0.717) is 25.6 Å². The van der Waals surface area contributed by atoms with E-state index in [2.05, 4.69) is 47.5 Å². The SMILES string of the molecule is CC(C)(CO)[C@@H](O)C(=O)NCCC(=O)O.NCCC[C@H](N)CC(=O)N[C@H]1CNC(=O)[C@H]([C@H]2C[C@H](O)N=C(N)N2)NC(=O)/C(=C/NC(N)=O)NC(=O)[C@H](CO)NC(=O)[C@H](CO)NC1=O. The molecule has 0 spiro atoms. The number of guanidine groups is 1.